The third-order valence-electron chi connectivity index (χ3n) is 5.54. The Morgan fingerprint density at radius 2 is 1.97 bits per heavy atom. The molecule has 0 radical (unpaired) electrons. The first-order chi connectivity index (χ1) is 14.9. The van der Waals surface area contributed by atoms with Crippen LogP contribution in [0.1, 0.15) is 68.4 Å². The van der Waals surface area contributed by atoms with Crippen LogP contribution < -0.4 is 15.1 Å². The number of benzene rings is 1. The van der Waals surface area contributed by atoms with Gasteiger partial charge in [0.25, 0.3) is 5.91 Å². The van der Waals surface area contributed by atoms with Crippen molar-refractivity contribution < 1.29 is 13.9 Å². The molecule has 1 unspecified atom stereocenters. The lowest BCUT2D eigenvalue weighted by atomic mass is 9.95. The zero-order chi connectivity index (χ0) is 22.8. The first kappa shape index (κ1) is 25.7. The van der Waals surface area contributed by atoms with Crippen LogP contribution in [0, 0.1) is 0 Å². The van der Waals surface area contributed by atoms with E-state index in [4.69, 9.17) is 4.52 Å². The summed E-state index contributed by atoms with van der Waals surface area (Å²) in [5.74, 6) is 0.549. The number of hydrogen-bond donors (Lipinski definition) is 1. The zero-order valence-corrected chi connectivity index (χ0v) is 21.3. The summed E-state index contributed by atoms with van der Waals surface area (Å²) >= 11 is 0. The van der Waals surface area contributed by atoms with E-state index in [-0.39, 0.29) is 14.4 Å². The molecule has 1 aliphatic heterocycles. The topological polar surface area (TPSA) is 58.6 Å². The molecule has 1 saturated heterocycles. The molecule has 1 aliphatic rings. The summed E-state index contributed by atoms with van der Waals surface area (Å²) in [6.45, 7) is 11.4. The van der Waals surface area contributed by atoms with E-state index in [0.717, 1.165) is 49.9 Å². The molecular weight excluding hydrogens is 426 g/mol. The molecule has 7 heteroatoms. The molecule has 2 rings (SSSR count). The number of carbonyl (C=O) groups is 1. The third kappa shape index (κ3) is 7.24. The number of piperazine rings is 1. The van der Waals surface area contributed by atoms with E-state index in [0.29, 0.717) is 36.1 Å². The van der Waals surface area contributed by atoms with Crippen molar-refractivity contribution >= 4 is 29.1 Å². The number of nitrogens with zero attached hydrogens (tertiary/aromatic N) is 1. The van der Waals surface area contributed by atoms with Crippen LogP contribution >= 0.6 is 17.9 Å². The van der Waals surface area contributed by atoms with Crippen LogP contribution in [0.25, 0.3) is 0 Å². The smallest absolute Gasteiger partial charge is 0.258 e. The van der Waals surface area contributed by atoms with Gasteiger partial charge in [0.1, 0.15) is 5.75 Å². The van der Waals surface area contributed by atoms with Gasteiger partial charge in [0.15, 0.2) is 8.46 Å². The molecule has 0 aromatic heterocycles. The normalized spacial score (nSPS) is 14.6. The number of amides is 1. The van der Waals surface area contributed by atoms with Crippen molar-refractivity contribution in [3.8, 4) is 5.75 Å². The summed E-state index contributed by atoms with van der Waals surface area (Å²) in [6.07, 6.45) is 8.61. The molecule has 1 atom stereocenters. The molecule has 1 fully saturated rings. The molecule has 1 aromatic rings. The zero-order valence-electron chi connectivity index (χ0n) is 19.3. The van der Waals surface area contributed by atoms with Crippen LogP contribution in [0.5, 0.6) is 5.75 Å². The van der Waals surface area contributed by atoms with Crippen LogP contribution in [-0.2, 0) is 17.4 Å². The van der Waals surface area contributed by atoms with Crippen LogP contribution in [0.3, 0.4) is 0 Å². The highest BCUT2D eigenvalue weighted by Crippen LogP contribution is 2.33. The molecule has 1 aromatic carbocycles. The monoisotopic (exact) mass is 462 g/mol. The van der Waals surface area contributed by atoms with Gasteiger partial charge >= 0.3 is 0 Å². The quantitative estimate of drug-likeness (QED) is 0.393. The summed E-state index contributed by atoms with van der Waals surface area (Å²) < 4.78 is 17.8. The highest BCUT2D eigenvalue weighted by molar-refractivity contribution is 7.34. The van der Waals surface area contributed by atoms with E-state index in [2.05, 4.69) is 54.6 Å². The summed E-state index contributed by atoms with van der Waals surface area (Å²) in [5.41, 5.74) is 4.95. The Labute approximate surface area is 191 Å². The van der Waals surface area contributed by atoms with Crippen molar-refractivity contribution in [1.82, 2.24) is 10.2 Å². The van der Waals surface area contributed by atoms with Gasteiger partial charge < -0.3 is 14.7 Å². The van der Waals surface area contributed by atoms with Gasteiger partial charge in [0, 0.05) is 31.7 Å². The van der Waals surface area contributed by atoms with Gasteiger partial charge in [0.05, 0.1) is 20.3 Å². The summed E-state index contributed by atoms with van der Waals surface area (Å²) in [7, 11) is 2.24. The minimum Gasteiger partial charge on any atom is -0.479 e. The second kappa shape index (κ2) is 13.1. The van der Waals surface area contributed by atoms with E-state index in [1.165, 1.54) is 11.1 Å². The van der Waals surface area contributed by atoms with Crippen molar-refractivity contribution in [3.63, 3.8) is 0 Å². The minimum atomic E-state index is -0.0526. The molecule has 0 bridgehead atoms. The third-order valence-corrected chi connectivity index (χ3v) is 6.37. The van der Waals surface area contributed by atoms with Crippen molar-refractivity contribution in [2.45, 2.75) is 59.8 Å². The number of carbonyl (C=O) groups excluding carboxylic acids is 1. The first-order valence-corrected chi connectivity index (χ1v) is 12.4. The van der Waals surface area contributed by atoms with Gasteiger partial charge in [-0.3, -0.25) is 9.36 Å². The number of hydrogen-bond acceptors (Lipinski definition) is 4. The van der Waals surface area contributed by atoms with E-state index < -0.39 is 0 Å². The Balaban J connectivity index is 2.45. The fourth-order valence-corrected chi connectivity index (χ4v) is 4.61. The fraction of sp³-hybridized carbons (Fsp3) is 0.542. The lowest BCUT2D eigenvalue weighted by Gasteiger charge is -2.29. The average Bonchev–Trinajstić information content (AvgIpc) is 2.77. The van der Waals surface area contributed by atoms with E-state index in [1.54, 1.807) is 0 Å². The molecular formula is C24H36N2O3P2. The highest BCUT2D eigenvalue weighted by Gasteiger charge is 2.27. The van der Waals surface area contributed by atoms with Crippen LogP contribution in [0.15, 0.2) is 29.4 Å². The molecule has 170 valence electrons. The fourth-order valence-electron chi connectivity index (χ4n) is 3.84. The molecule has 31 heavy (non-hydrogen) atoms. The summed E-state index contributed by atoms with van der Waals surface area (Å²) in [4.78, 5) is 15.4. The van der Waals surface area contributed by atoms with Crippen LogP contribution in [0.2, 0.25) is 0 Å². The van der Waals surface area contributed by atoms with Gasteiger partial charge in [-0.25, -0.2) is 0 Å². The number of aryl methyl sites for hydroxylation is 1. The lowest BCUT2D eigenvalue weighted by molar-refractivity contribution is 0.0733. The minimum absolute atomic E-state index is 0.00188. The predicted octanol–water partition coefficient (Wildman–Crippen LogP) is 5.01. The lowest BCUT2D eigenvalue weighted by Crippen LogP contribution is -2.46. The molecule has 1 heterocycles. The van der Waals surface area contributed by atoms with Gasteiger partial charge in [0.2, 0.25) is 0 Å². The molecule has 1 amide bonds. The largest absolute Gasteiger partial charge is 0.479 e. The van der Waals surface area contributed by atoms with Crippen LogP contribution in [0.4, 0.5) is 0 Å². The van der Waals surface area contributed by atoms with Gasteiger partial charge in [-0.2, -0.15) is 0 Å². The molecule has 5 nitrogen and oxygen atoms in total. The Morgan fingerprint density at radius 1 is 1.26 bits per heavy atom. The first-order valence-electron chi connectivity index (χ1n) is 11.1. The van der Waals surface area contributed by atoms with Crippen molar-refractivity contribution in [2.24, 2.45) is 0 Å². The Kier molecular flexibility index (Phi) is 10.9. The molecule has 0 spiro atoms. The molecule has 0 saturated carbocycles. The van der Waals surface area contributed by atoms with Crippen molar-refractivity contribution in [3.05, 3.63) is 46.1 Å². The van der Waals surface area contributed by atoms with Crippen LogP contribution in [-0.4, -0.2) is 37.0 Å². The van der Waals surface area contributed by atoms with Crippen molar-refractivity contribution in [1.29, 1.82) is 0 Å². The standard InChI is InChI=1S/C24H36N2O3P2/c1-5-7-19-16-21(31-28)20(11-10-18(4)9-6-8-17(2)3)23(29-30)22(19)24(27)26-14-12-25-13-15-26/h8,10,16,25H,5-7,9,11-15,30H2,1-4H3/b18-10+. The molecule has 1 N–H and O–H groups in total. The van der Waals surface area contributed by atoms with E-state index in [9.17, 15) is 9.36 Å². The Morgan fingerprint density at radius 3 is 2.55 bits per heavy atom. The highest BCUT2D eigenvalue weighted by atomic mass is 31.1. The summed E-state index contributed by atoms with van der Waals surface area (Å²) in [6, 6.07) is 1.93. The Hall–Kier alpha value is -1.54. The SMILES string of the molecule is CCCc1cc(P=O)c(C/C=C(\C)CCC=C(C)C)c(OP)c1C(=O)N1CCNCC1. The van der Waals surface area contributed by atoms with Gasteiger partial charge in [-0.15, -0.1) is 0 Å². The molecule has 0 aliphatic carbocycles. The predicted molar refractivity (Wildman–Crippen MR) is 133 cm³/mol. The van der Waals surface area contributed by atoms with Crippen molar-refractivity contribution in [2.75, 3.05) is 26.2 Å². The second-order valence-corrected chi connectivity index (χ2v) is 9.21. The number of allylic oxidation sites excluding steroid dienone is 4. The maximum absolute atomic E-state index is 13.5. The number of rotatable bonds is 10. The number of nitrogens with one attached hydrogen (secondary N) is 1. The average molecular weight is 463 g/mol. The van der Waals surface area contributed by atoms with Gasteiger partial charge in [-0.05, 0) is 58.1 Å². The van der Waals surface area contributed by atoms with E-state index >= 15 is 0 Å². The van der Waals surface area contributed by atoms with Gasteiger partial charge in [-0.1, -0.05) is 36.6 Å². The maximum atomic E-state index is 13.5. The summed E-state index contributed by atoms with van der Waals surface area (Å²) in [5, 5.41) is 3.99. The Bertz CT molecular complexity index is 840. The van der Waals surface area contributed by atoms with E-state index in [1.807, 2.05) is 11.0 Å². The second-order valence-electron chi connectivity index (χ2n) is 8.31. The maximum Gasteiger partial charge on any atom is 0.258 e.